The first kappa shape index (κ1) is 19.9. The quantitative estimate of drug-likeness (QED) is 0.410. The van der Waals surface area contributed by atoms with E-state index in [1.165, 1.54) is 7.11 Å². The number of benzene rings is 2. The smallest absolute Gasteiger partial charge is 0.341 e. The number of esters is 1. The predicted octanol–water partition coefficient (Wildman–Crippen LogP) is 4.30. The maximum Gasteiger partial charge on any atom is 0.341 e. The second-order valence-electron chi connectivity index (χ2n) is 7.26. The van der Waals surface area contributed by atoms with E-state index in [9.17, 15) is 9.59 Å². The summed E-state index contributed by atoms with van der Waals surface area (Å²) in [6, 6.07) is 18.1. The van der Waals surface area contributed by atoms with Crippen molar-refractivity contribution < 1.29 is 9.53 Å². The van der Waals surface area contributed by atoms with E-state index in [0.717, 1.165) is 27.4 Å². The molecule has 32 heavy (non-hydrogen) atoms. The maximum absolute atomic E-state index is 12.2. The lowest BCUT2D eigenvalue weighted by molar-refractivity contribution is 0.0600. The fraction of sp³-hybridized carbons (Fsp3) is 0.0833. The number of H-pyrrole nitrogens is 1. The van der Waals surface area contributed by atoms with Gasteiger partial charge in [0.15, 0.2) is 0 Å². The lowest BCUT2D eigenvalue weighted by Crippen LogP contribution is -2.12. The third kappa shape index (κ3) is 3.72. The summed E-state index contributed by atoms with van der Waals surface area (Å²) in [6.07, 6.45) is 3.34. The highest BCUT2D eigenvalue weighted by Gasteiger charge is 2.21. The van der Waals surface area contributed by atoms with E-state index in [0.29, 0.717) is 17.8 Å². The minimum atomic E-state index is -0.541. The Hall–Kier alpha value is -4.04. The number of ether oxygens (including phenoxy) is 1. The zero-order chi connectivity index (χ0) is 22.1. The van der Waals surface area contributed by atoms with Gasteiger partial charge in [-0.2, -0.15) is 5.10 Å². The summed E-state index contributed by atoms with van der Waals surface area (Å²) in [6.45, 7) is 0.468. The summed E-state index contributed by atoms with van der Waals surface area (Å²) in [5.41, 5.74) is 4.60. The highest BCUT2D eigenvalue weighted by Crippen LogP contribution is 2.29. The highest BCUT2D eigenvalue weighted by molar-refractivity contribution is 7.13. The summed E-state index contributed by atoms with van der Waals surface area (Å²) < 4.78 is 6.65. The van der Waals surface area contributed by atoms with Crippen molar-refractivity contribution in [2.45, 2.75) is 6.54 Å². The Bertz CT molecular complexity index is 1440. The molecule has 3 heterocycles. The number of thiazole rings is 1. The van der Waals surface area contributed by atoms with Gasteiger partial charge in [-0.3, -0.25) is 4.79 Å². The molecule has 0 saturated heterocycles. The van der Waals surface area contributed by atoms with E-state index in [1.807, 2.05) is 48.5 Å². The largest absolute Gasteiger partial charge is 0.465 e. The lowest BCUT2D eigenvalue weighted by Gasteiger charge is -2.12. The van der Waals surface area contributed by atoms with E-state index < -0.39 is 5.97 Å². The number of carbonyl (C=O) groups excluding carboxylic acids is 1. The molecule has 0 bridgehead atoms. The minimum Gasteiger partial charge on any atom is -0.465 e. The van der Waals surface area contributed by atoms with Gasteiger partial charge >= 0.3 is 5.97 Å². The molecule has 0 amide bonds. The first-order valence-electron chi connectivity index (χ1n) is 9.89. The number of carbonyl (C=O) groups is 1. The SMILES string of the molecule is COC(=O)c1cn(Cc2cccc(-c3nc(-c4ccccc4)cs3)c2)cc2c(=O)[nH]nc1-2. The molecule has 2 aromatic carbocycles. The van der Waals surface area contributed by atoms with Crippen molar-refractivity contribution in [2.24, 2.45) is 0 Å². The molecule has 2 aliphatic rings. The van der Waals surface area contributed by atoms with Gasteiger partial charge in [0.25, 0.3) is 5.56 Å². The molecule has 1 N–H and O–H groups in total. The first-order chi connectivity index (χ1) is 15.6. The number of pyridine rings is 1. The van der Waals surface area contributed by atoms with E-state index in [2.05, 4.69) is 21.6 Å². The van der Waals surface area contributed by atoms with E-state index in [1.54, 1.807) is 28.3 Å². The van der Waals surface area contributed by atoms with Gasteiger partial charge in [0, 0.05) is 35.4 Å². The highest BCUT2D eigenvalue weighted by atomic mass is 32.1. The molecule has 0 fully saturated rings. The van der Waals surface area contributed by atoms with Crippen LogP contribution in [-0.2, 0) is 11.3 Å². The van der Waals surface area contributed by atoms with Crippen LogP contribution in [0.2, 0.25) is 0 Å². The number of rotatable bonds is 5. The van der Waals surface area contributed by atoms with Crippen molar-refractivity contribution in [3.63, 3.8) is 0 Å². The number of nitrogens with one attached hydrogen (secondary N) is 1. The van der Waals surface area contributed by atoms with Crippen molar-refractivity contribution in [2.75, 3.05) is 7.11 Å². The number of fused-ring (bicyclic) bond motifs is 1. The van der Waals surface area contributed by atoms with Crippen LogP contribution in [0.25, 0.3) is 33.1 Å². The Morgan fingerprint density at radius 3 is 2.72 bits per heavy atom. The molecule has 0 unspecified atom stereocenters. The zero-order valence-corrected chi connectivity index (χ0v) is 17.9. The Balaban J connectivity index is 1.47. The van der Waals surface area contributed by atoms with Crippen LogP contribution in [0.1, 0.15) is 15.9 Å². The summed E-state index contributed by atoms with van der Waals surface area (Å²) in [7, 11) is 1.30. The molecule has 2 aliphatic heterocycles. The van der Waals surface area contributed by atoms with Gasteiger partial charge in [0.05, 0.1) is 18.4 Å². The normalized spacial score (nSPS) is 11.0. The molecule has 158 valence electrons. The van der Waals surface area contributed by atoms with Gasteiger partial charge in [-0.1, -0.05) is 48.5 Å². The number of nitrogens with zero attached hydrogens (tertiary/aromatic N) is 3. The Kier molecular flexibility index (Phi) is 5.12. The molecular weight excluding hydrogens is 424 g/mol. The molecule has 8 heteroatoms. The van der Waals surface area contributed by atoms with Gasteiger partial charge in [-0.05, 0) is 11.6 Å². The Morgan fingerprint density at radius 2 is 1.91 bits per heavy atom. The predicted molar refractivity (Wildman–Crippen MR) is 123 cm³/mol. The van der Waals surface area contributed by atoms with E-state index in [4.69, 9.17) is 9.72 Å². The van der Waals surface area contributed by atoms with Crippen LogP contribution < -0.4 is 5.56 Å². The molecule has 0 atom stereocenters. The van der Waals surface area contributed by atoms with Crippen molar-refractivity contribution in [3.05, 3.63) is 93.9 Å². The van der Waals surface area contributed by atoms with E-state index in [-0.39, 0.29) is 11.1 Å². The average molecular weight is 443 g/mol. The molecule has 7 nitrogen and oxygen atoms in total. The van der Waals surface area contributed by atoms with Crippen LogP contribution in [0.5, 0.6) is 0 Å². The van der Waals surface area contributed by atoms with Gasteiger partial charge in [-0.25, -0.2) is 14.9 Å². The molecule has 3 aromatic rings. The summed E-state index contributed by atoms with van der Waals surface area (Å²) in [5, 5.41) is 9.34. The van der Waals surface area contributed by atoms with Gasteiger partial charge < -0.3 is 9.30 Å². The minimum absolute atomic E-state index is 0.243. The summed E-state index contributed by atoms with van der Waals surface area (Å²) >= 11 is 1.59. The first-order valence-corrected chi connectivity index (χ1v) is 10.8. The van der Waals surface area contributed by atoms with Crippen LogP contribution in [0.3, 0.4) is 0 Å². The van der Waals surface area contributed by atoms with Crippen LogP contribution in [0.15, 0.2) is 77.2 Å². The molecule has 0 aliphatic carbocycles. The average Bonchev–Trinajstić information content (AvgIpc) is 3.47. The van der Waals surface area contributed by atoms with E-state index >= 15 is 0 Å². The van der Waals surface area contributed by atoms with Gasteiger partial charge in [0.2, 0.25) is 0 Å². The number of methoxy groups -OCH3 is 1. The monoisotopic (exact) mass is 442 g/mol. The second kappa shape index (κ2) is 8.24. The third-order valence-corrected chi connectivity index (χ3v) is 6.02. The van der Waals surface area contributed by atoms with Crippen molar-refractivity contribution in [1.82, 2.24) is 19.7 Å². The molecule has 0 saturated carbocycles. The molecule has 5 rings (SSSR count). The molecule has 0 radical (unpaired) electrons. The molecule has 0 spiro atoms. The van der Waals surface area contributed by atoms with Crippen LogP contribution >= 0.6 is 11.3 Å². The molecular formula is C24H18N4O3S. The van der Waals surface area contributed by atoms with Crippen molar-refractivity contribution in [1.29, 1.82) is 0 Å². The summed E-state index contributed by atoms with van der Waals surface area (Å²) in [5.74, 6) is -0.541. The number of hydrogen-bond acceptors (Lipinski definition) is 6. The number of hydrogen-bond donors (Lipinski definition) is 1. The number of aromatic nitrogens is 4. The zero-order valence-electron chi connectivity index (χ0n) is 17.1. The summed E-state index contributed by atoms with van der Waals surface area (Å²) in [4.78, 5) is 29.1. The second-order valence-corrected chi connectivity index (χ2v) is 8.11. The van der Waals surface area contributed by atoms with Crippen LogP contribution in [0.4, 0.5) is 0 Å². The fourth-order valence-electron chi connectivity index (χ4n) is 3.60. The van der Waals surface area contributed by atoms with Crippen molar-refractivity contribution in [3.8, 4) is 33.1 Å². The number of aromatic amines is 1. The lowest BCUT2D eigenvalue weighted by atomic mass is 10.1. The molecule has 1 aromatic heterocycles. The van der Waals surface area contributed by atoms with Crippen LogP contribution in [0, 0.1) is 0 Å². The topological polar surface area (TPSA) is 89.9 Å². The third-order valence-electron chi connectivity index (χ3n) is 5.13. The van der Waals surface area contributed by atoms with Crippen molar-refractivity contribution >= 4 is 17.3 Å². The van der Waals surface area contributed by atoms with Gasteiger partial charge in [0.1, 0.15) is 16.3 Å². The maximum atomic E-state index is 12.2. The Morgan fingerprint density at radius 1 is 1.09 bits per heavy atom. The van der Waals surface area contributed by atoms with Crippen LogP contribution in [-0.4, -0.2) is 32.8 Å². The Labute approximate surface area is 187 Å². The standard InChI is InChI=1S/C24H18N4O3S/c1-31-24(30)19-13-28(12-18-21(19)26-27-22(18)29)11-15-6-5-9-17(10-15)23-25-20(14-32-23)16-7-3-2-4-8-16/h2-10,12-14H,11H2,1H3,(H,27,29). The van der Waals surface area contributed by atoms with Gasteiger partial charge in [-0.15, -0.1) is 11.3 Å². The fourth-order valence-corrected chi connectivity index (χ4v) is 4.43.